The maximum absolute atomic E-state index is 12.4. The molecular weight excluding hydrogens is 464 g/mol. The zero-order valence-corrected chi connectivity index (χ0v) is 22.8. The Labute approximate surface area is 215 Å². The SMILES string of the molecule is CC(C)C(OC(=O)N1CCN(CN2C(=O)[C@H](C)[C@H]2C(=O)O)CC1)C(C)C.CC1CCCN(C(=N)N)C1. The molecule has 0 aromatic heterocycles. The first-order chi connectivity index (χ1) is 16.8. The number of ether oxygens (including phenoxy) is 1. The van der Waals surface area contributed by atoms with Crippen LogP contribution in [0.4, 0.5) is 4.79 Å². The van der Waals surface area contributed by atoms with Crippen LogP contribution in [0.25, 0.3) is 0 Å². The fourth-order valence-electron chi connectivity index (χ4n) is 5.15. The predicted molar refractivity (Wildman–Crippen MR) is 137 cm³/mol. The summed E-state index contributed by atoms with van der Waals surface area (Å²) in [4.78, 5) is 42.6. The van der Waals surface area contributed by atoms with Crippen molar-refractivity contribution in [1.29, 1.82) is 5.41 Å². The average Bonchev–Trinajstić information content (AvgIpc) is 2.81. The summed E-state index contributed by atoms with van der Waals surface area (Å²) in [5.41, 5.74) is 5.34. The van der Waals surface area contributed by atoms with E-state index in [-0.39, 0.29) is 35.9 Å². The summed E-state index contributed by atoms with van der Waals surface area (Å²) in [7, 11) is 0. The quantitative estimate of drug-likeness (QED) is 0.279. The number of nitrogens with one attached hydrogen (secondary N) is 1. The van der Waals surface area contributed by atoms with E-state index in [0.717, 1.165) is 13.1 Å². The molecule has 3 atom stereocenters. The fourth-order valence-corrected chi connectivity index (χ4v) is 5.15. The van der Waals surface area contributed by atoms with E-state index >= 15 is 0 Å². The number of guanidine groups is 1. The van der Waals surface area contributed by atoms with Crippen molar-refractivity contribution in [1.82, 2.24) is 19.6 Å². The number of amides is 2. The first-order valence-corrected chi connectivity index (χ1v) is 13.1. The minimum atomic E-state index is -0.965. The highest BCUT2D eigenvalue weighted by Crippen LogP contribution is 2.27. The molecule has 3 saturated heterocycles. The van der Waals surface area contributed by atoms with Crippen LogP contribution in [0.2, 0.25) is 0 Å². The Kier molecular flexibility index (Phi) is 10.8. The lowest BCUT2D eigenvalue weighted by Gasteiger charge is -2.46. The summed E-state index contributed by atoms with van der Waals surface area (Å²) in [6.45, 7) is 16.5. The highest BCUT2D eigenvalue weighted by Gasteiger charge is 2.49. The molecular formula is C25H46N6O5. The number of carbonyl (C=O) groups excluding carboxylic acids is 2. The number of β-lactam (4-membered cyclic amide) rings is 1. The van der Waals surface area contributed by atoms with Crippen LogP contribution in [0.15, 0.2) is 0 Å². The second kappa shape index (κ2) is 13.1. The molecule has 2 amide bonds. The molecule has 0 spiro atoms. The third-order valence-electron chi connectivity index (χ3n) is 7.27. The lowest BCUT2D eigenvalue weighted by molar-refractivity contribution is -0.173. The maximum Gasteiger partial charge on any atom is 0.410 e. The number of carbonyl (C=O) groups is 3. The summed E-state index contributed by atoms with van der Waals surface area (Å²) >= 11 is 0. The van der Waals surface area contributed by atoms with Gasteiger partial charge in [0, 0.05) is 39.3 Å². The van der Waals surface area contributed by atoms with Crippen LogP contribution in [0.1, 0.15) is 54.4 Å². The molecule has 206 valence electrons. The Morgan fingerprint density at radius 1 is 1.06 bits per heavy atom. The van der Waals surface area contributed by atoms with Gasteiger partial charge in [0.2, 0.25) is 5.91 Å². The molecule has 3 rings (SSSR count). The standard InChI is InChI=1S/C18H31N3O5.C7H15N3/c1-11(2)15(12(3)4)26-18(25)20-8-6-19(7-9-20)10-21-14(17(23)24)13(5)16(21)22;1-6-3-2-4-10(5-6)7(8)9/h11-15H,6-10H2,1-5H3,(H,23,24);6H,2-5H2,1H3,(H3,8,9)/t13-,14+;/m1./s1. The number of hydrogen-bond acceptors (Lipinski definition) is 6. The largest absolute Gasteiger partial charge is 0.480 e. The molecule has 0 bridgehead atoms. The molecule has 0 aromatic rings. The molecule has 3 aliphatic heterocycles. The highest BCUT2D eigenvalue weighted by molar-refractivity contribution is 5.96. The van der Waals surface area contributed by atoms with Gasteiger partial charge in [-0.05, 0) is 30.6 Å². The first kappa shape index (κ1) is 29.7. The highest BCUT2D eigenvalue weighted by atomic mass is 16.6. The van der Waals surface area contributed by atoms with Gasteiger partial charge in [0.15, 0.2) is 5.96 Å². The van der Waals surface area contributed by atoms with Crippen LogP contribution in [-0.4, -0.2) is 107 Å². The van der Waals surface area contributed by atoms with Crippen molar-refractivity contribution in [2.75, 3.05) is 45.9 Å². The van der Waals surface area contributed by atoms with Crippen LogP contribution in [0.3, 0.4) is 0 Å². The van der Waals surface area contributed by atoms with Gasteiger partial charge in [-0.3, -0.25) is 15.1 Å². The number of rotatable bonds is 6. The van der Waals surface area contributed by atoms with Gasteiger partial charge in [0.05, 0.1) is 12.6 Å². The van der Waals surface area contributed by atoms with Crippen molar-refractivity contribution in [3.63, 3.8) is 0 Å². The van der Waals surface area contributed by atoms with Gasteiger partial charge in [-0.15, -0.1) is 0 Å². The van der Waals surface area contributed by atoms with Crippen LogP contribution < -0.4 is 5.73 Å². The number of piperidine rings is 1. The molecule has 3 aliphatic rings. The Bertz CT molecular complexity index is 775. The molecule has 3 fully saturated rings. The molecule has 36 heavy (non-hydrogen) atoms. The number of carboxylic acid groups (broad SMARTS) is 1. The Morgan fingerprint density at radius 2 is 1.64 bits per heavy atom. The number of likely N-dealkylation sites (tertiary alicyclic amines) is 2. The van der Waals surface area contributed by atoms with E-state index in [4.69, 9.17) is 15.9 Å². The second-order valence-corrected chi connectivity index (χ2v) is 11.0. The molecule has 11 heteroatoms. The molecule has 0 radical (unpaired) electrons. The monoisotopic (exact) mass is 510 g/mol. The van der Waals surface area contributed by atoms with Crippen molar-refractivity contribution in [2.24, 2.45) is 29.4 Å². The number of piperazine rings is 1. The van der Waals surface area contributed by atoms with Gasteiger partial charge in [-0.1, -0.05) is 41.5 Å². The van der Waals surface area contributed by atoms with Crippen molar-refractivity contribution in [3.8, 4) is 0 Å². The van der Waals surface area contributed by atoms with E-state index in [1.165, 1.54) is 17.7 Å². The minimum Gasteiger partial charge on any atom is -0.480 e. The molecule has 0 aliphatic carbocycles. The average molecular weight is 511 g/mol. The summed E-state index contributed by atoms with van der Waals surface area (Å²) in [5, 5.41) is 16.4. The van der Waals surface area contributed by atoms with Gasteiger partial charge in [0.25, 0.3) is 0 Å². The van der Waals surface area contributed by atoms with Crippen LogP contribution in [-0.2, 0) is 14.3 Å². The van der Waals surface area contributed by atoms with Gasteiger partial charge in [0.1, 0.15) is 12.1 Å². The van der Waals surface area contributed by atoms with Crippen LogP contribution in [0.5, 0.6) is 0 Å². The molecule has 3 heterocycles. The van der Waals surface area contributed by atoms with Crippen molar-refractivity contribution < 1.29 is 24.2 Å². The Hall–Kier alpha value is -2.56. The first-order valence-electron chi connectivity index (χ1n) is 13.1. The second-order valence-electron chi connectivity index (χ2n) is 11.0. The zero-order chi connectivity index (χ0) is 27.2. The number of nitrogens with two attached hydrogens (primary N) is 1. The summed E-state index contributed by atoms with van der Waals surface area (Å²) < 4.78 is 5.67. The number of aliphatic carboxylic acids is 1. The molecule has 11 nitrogen and oxygen atoms in total. The minimum absolute atomic E-state index is 0.114. The summed E-state index contributed by atoms with van der Waals surface area (Å²) in [6, 6.07) is -0.747. The van der Waals surface area contributed by atoms with E-state index in [2.05, 4.69) is 6.92 Å². The summed E-state index contributed by atoms with van der Waals surface area (Å²) in [5.74, 6) is -0.110. The smallest absolute Gasteiger partial charge is 0.410 e. The van der Waals surface area contributed by atoms with Crippen molar-refractivity contribution in [3.05, 3.63) is 0 Å². The van der Waals surface area contributed by atoms with E-state index in [0.29, 0.717) is 38.8 Å². The topological polar surface area (TPSA) is 144 Å². The van der Waals surface area contributed by atoms with Gasteiger partial charge < -0.3 is 30.3 Å². The number of nitrogens with zero attached hydrogens (tertiary/aromatic N) is 4. The van der Waals surface area contributed by atoms with Gasteiger partial charge >= 0.3 is 12.1 Å². The molecule has 0 saturated carbocycles. The molecule has 0 aromatic carbocycles. The van der Waals surface area contributed by atoms with E-state index in [1.807, 2.05) is 37.5 Å². The van der Waals surface area contributed by atoms with Gasteiger partial charge in [-0.25, -0.2) is 9.59 Å². The van der Waals surface area contributed by atoms with Crippen LogP contribution in [0, 0.1) is 29.1 Å². The van der Waals surface area contributed by atoms with Gasteiger partial charge in [-0.2, -0.15) is 0 Å². The predicted octanol–water partition coefficient (Wildman–Crippen LogP) is 1.92. The summed E-state index contributed by atoms with van der Waals surface area (Å²) in [6.07, 6.45) is 2.05. The normalized spacial score (nSPS) is 25.0. The Morgan fingerprint density at radius 3 is 2.08 bits per heavy atom. The van der Waals surface area contributed by atoms with E-state index in [9.17, 15) is 19.5 Å². The third-order valence-corrected chi connectivity index (χ3v) is 7.27. The van der Waals surface area contributed by atoms with E-state index < -0.39 is 17.9 Å². The van der Waals surface area contributed by atoms with E-state index in [1.54, 1.807) is 11.8 Å². The Balaban J connectivity index is 0.000000380. The lowest BCUT2D eigenvalue weighted by atomic mass is 9.90. The maximum atomic E-state index is 12.4. The van der Waals surface area contributed by atoms with Crippen molar-refractivity contribution in [2.45, 2.75) is 66.5 Å². The molecule has 4 N–H and O–H groups in total. The van der Waals surface area contributed by atoms with Crippen LogP contribution >= 0.6 is 0 Å². The molecule has 1 unspecified atom stereocenters. The number of hydrogen-bond donors (Lipinski definition) is 3. The lowest BCUT2D eigenvalue weighted by Crippen LogP contribution is -2.66. The van der Waals surface area contributed by atoms with Crippen molar-refractivity contribution >= 4 is 23.9 Å². The zero-order valence-electron chi connectivity index (χ0n) is 22.8. The fraction of sp³-hybridized carbons (Fsp3) is 0.840. The third kappa shape index (κ3) is 7.72. The number of carboxylic acids is 1.